The normalized spacial score (nSPS) is 10.7. The van der Waals surface area contributed by atoms with Crippen LogP contribution in [0.5, 0.6) is 5.75 Å². The molecule has 0 aromatic heterocycles. The summed E-state index contributed by atoms with van der Waals surface area (Å²) in [4.78, 5) is 24.2. The smallest absolute Gasteiger partial charge is 0.331 e. The maximum atomic E-state index is 12.2. The Morgan fingerprint density at radius 2 is 1.64 bits per heavy atom. The van der Waals surface area contributed by atoms with E-state index in [0.29, 0.717) is 12.4 Å². The van der Waals surface area contributed by atoms with Gasteiger partial charge >= 0.3 is 5.97 Å². The highest BCUT2D eigenvalue weighted by Crippen LogP contribution is 2.22. The number of rotatable bonds is 9. The summed E-state index contributed by atoms with van der Waals surface area (Å²) in [6.07, 6.45) is 4.53. The Bertz CT molecular complexity index is 820. The highest BCUT2D eigenvalue weighted by atomic mass is 16.5. The number of anilines is 1. The SMILES string of the molecule is CCOc1ccccc1/C=C/C(=O)OCC(=O)Nc1c(CC)cccc1CC. The Kier molecular flexibility index (Phi) is 8.28. The van der Waals surface area contributed by atoms with Gasteiger partial charge in [-0.15, -0.1) is 0 Å². The molecule has 1 N–H and O–H groups in total. The van der Waals surface area contributed by atoms with E-state index in [1.807, 2.05) is 63.2 Å². The molecule has 0 heterocycles. The number of hydrogen-bond donors (Lipinski definition) is 1. The van der Waals surface area contributed by atoms with Gasteiger partial charge in [-0.05, 0) is 43.0 Å². The zero-order valence-corrected chi connectivity index (χ0v) is 16.7. The Labute approximate surface area is 166 Å². The third-order valence-electron chi connectivity index (χ3n) is 4.23. The maximum Gasteiger partial charge on any atom is 0.331 e. The summed E-state index contributed by atoms with van der Waals surface area (Å²) in [6, 6.07) is 13.4. The second kappa shape index (κ2) is 10.9. The van der Waals surface area contributed by atoms with Crippen LogP contribution in [0.2, 0.25) is 0 Å². The van der Waals surface area contributed by atoms with E-state index in [0.717, 1.165) is 35.2 Å². The predicted octanol–water partition coefficient (Wildman–Crippen LogP) is 4.41. The first-order valence-electron chi connectivity index (χ1n) is 9.56. The predicted molar refractivity (Wildman–Crippen MR) is 111 cm³/mol. The Balaban J connectivity index is 1.94. The summed E-state index contributed by atoms with van der Waals surface area (Å²) >= 11 is 0. The third-order valence-corrected chi connectivity index (χ3v) is 4.23. The van der Waals surface area contributed by atoms with Crippen LogP contribution in [0.3, 0.4) is 0 Å². The van der Waals surface area contributed by atoms with E-state index >= 15 is 0 Å². The molecule has 1 amide bonds. The second-order valence-corrected chi connectivity index (χ2v) is 6.12. The van der Waals surface area contributed by atoms with Crippen LogP contribution in [0.15, 0.2) is 48.5 Å². The fraction of sp³-hybridized carbons (Fsp3) is 0.304. The standard InChI is InChI=1S/C23H27NO4/c1-4-17-11-9-12-18(5-2)23(17)24-21(25)16-28-22(26)15-14-19-10-7-8-13-20(19)27-6-3/h7-15H,4-6,16H2,1-3H3,(H,24,25)/b15-14+. The minimum atomic E-state index is -0.582. The molecular weight excluding hydrogens is 354 g/mol. The molecule has 28 heavy (non-hydrogen) atoms. The molecule has 5 nitrogen and oxygen atoms in total. The van der Waals surface area contributed by atoms with Crippen LogP contribution in [0.1, 0.15) is 37.5 Å². The van der Waals surface area contributed by atoms with Crippen molar-refractivity contribution in [3.8, 4) is 5.75 Å². The number of aryl methyl sites for hydroxylation is 2. The van der Waals surface area contributed by atoms with Gasteiger partial charge < -0.3 is 14.8 Å². The van der Waals surface area contributed by atoms with Crippen molar-refractivity contribution in [1.29, 1.82) is 0 Å². The van der Waals surface area contributed by atoms with Gasteiger partial charge in [-0.2, -0.15) is 0 Å². The number of para-hydroxylation sites is 2. The van der Waals surface area contributed by atoms with Crippen molar-refractivity contribution in [3.63, 3.8) is 0 Å². The molecule has 148 valence electrons. The van der Waals surface area contributed by atoms with Crippen LogP contribution in [0.4, 0.5) is 5.69 Å². The van der Waals surface area contributed by atoms with Gasteiger partial charge in [-0.25, -0.2) is 4.79 Å². The molecule has 0 radical (unpaired) electrons. The van der Waals surface area contributed by atoms with Gasteiger partial charge in [0.1, 0.15) is 5.75 Å². The molecule has 0 atom stereocenters. The minimum Gasteiger partial charge on any atom is -0.493 e. The molecule has 0 bridgehead atoms. The number of esters is 1. The zero-order chi connectivity index (χ0) is 20.4. The van der Waals surface area contributed by atoms with E-state index in [1.165, 1.54) is 6.08 Å². The van der Waals surface area contributed by atoms with Crippen LogP contribution in [-0.2, 0) is 27.2 Å². The molecule has 2 aromatic rings. The maximum absolute atomic E-state index is 12.2. The first-order valence-corrected chi connectivity index (χ1v) is 9.56. The lowest BCUT2D eigenvalue weighted by Crippen LogP contribution is -2.21. The molecule has 2 aromatic carbocycles. The number of ether oxygens (including phenoxy) is 2. The lowest BCUT2D eigenvalue weighted by atomic mass is 10.0. The molecule has 0 aliphatic rings. The molecule has 0 saturated heterocycles. The summed E-state index contributed by atoms with van der Waals surface area (Å²) in [5, 5.41) is 2.88. The Morgan fingerprint density at radius 3 is 2.29 bits per heavy atom. The molecule has 0 fully saturated rings. The molecule has 5 heteroatoms. The van der Waals surface area contributed by atoms with Gasteiger partial charge in [-0.3, -0.25) is 4.79 Å². The van der Waals surface area contributed by atoms with Gasteiger partial charge in [0.15, 0.2) is 6.61 Å². The summed E-state index contributed by atoms with van der Waals surface area (Å²) < 4.78 is 10.6. The van der Waals surface area contributed by atoms with Crippen LogP contribution < -0.4 is 10.1 Å². The highest BCUT2D eigenvalue weighted by molar-refractivity contribution is 5.95. The molecular formula is C23H27NO4. The lowest BCUT2D eigenvalue weighted by Gasteiger charge is -2.14. The van der Waals surface area contributed by atoms with Crippen LogP contribution in [0, 0.1) is 0 Å². The van der Waals surface area contributed by atoms with Crippen molar-refractivity contribution < 1.29 is 19.1 Å². The van der Waals surface area contributed by atoms with Crippen LogP contribution >= 0.6 is 0 Å². The van der Waals surface area contributed by atoms with Crippen LogP contribution in [-0.4, -0.2) is 25.1 Å². The summed E-state index contributed by atoms with van der Waals surface area (Å²) in [5.41, 5.74) is 3.71. The minimum absolute atomic E-state index is 0.336. The van der Waals surface area contributed by atoms with E-state index in [-0.39, 0.29) is 12.5 Å². The average molecular weight is 381 g/mol. The second-order valence-electron chi connectivity index (χ2n) is 6.12. The van der Waals surface area contributed by atoms with Gasteiger partial charge in [0.2, 0.25) is 0 Å². The summed E-state index contributed by atoms with van der Waals surface area (Å²) in [6.45, 7) is 6.17. The number of nitrogens with one attached hydrogen (secondary N) is 1. The van der Waals surface area contributed by atoms with Crippen LogP contribution in [0.25, 0.3) is 6.08 Å². The average Bonchev–Trinajstić information content (AvgIpc) is 2.72. The van der Waals surface area contributed by atoms with Crippen molar-refractivity contribution >= 4 is 23.6 Å². The highest BCUT2D eigenvalue weighted by Gasteiger charge is 2.11. The number of carbonyl (C=O) groups is 2. The van der Waals surface area contributed by atoms with Crippen molar-refractivity contribution in [2.24, 2.45) is 0 Å². The Hall–Kier alpha value is -3.08. The fourth-order valence-corrected chi connectivity index (χ4v) is 2.83. The van der Waals surface area contributed by atoms with E-state index in [9.17, 15) is 9.59 Å². The van der Waals surface area contributed by atoms with E-state index in [2.05, 4.69) is 5.32 Å². The van der Waals surface area contributed by atoms with Gasteiger partial charge in [-0.1, -0.05) is 50.2 Å². The van der Waals surface area contributed by atoms with Crippen molar-refractivity contribution in [3.05, 3.63) is 65.2 Å². The van der Waals surface area contributed by atoms with Gasteiger partial charge in [0.25, 0.3) is 5.91 Å². The molecule has 0 aliphatic carbocycles. The van der Waals surface area contributed by atoms with E-state index in [4.69, 9.17) is 9.47 Å². The number of benzene rings is 2. The summed E-state index contributed by atoms with van der Waals surface area (Å²) in [5.74, 6) is -0.247. The molecule has 0 saturated carbocycles. The number of amides is 1. The first kappa shape index (κ1) is 21.2. The third kappa shape index (κ3) is 5.98. The topological polar surface area (TPSA) is 64.6 Å². The quantitative estimate of drug-likeness (QED) is 0.516. The van der Waals surface area contributed by atoms with Crippen molar-refractivity contribution in [1.82, 2.24) is 0 Å². The van der Waals surface area contributed by atoms with Crippen molar-refractivity contribution in [2.75, 3.05) is 18.5 Å². The Morgan fingerprint density at radius 1 is 0.964 bits per heavy atom. The first-order chi connectivity index (χ1) is 13.6. The molecule has 0 unspecified atom stereocenters. The van der Waals surface area contributed by atoms with Crippen molar-refractivity contribution in [2.45, 2.75) is 33.6 Å². The van der Waals surface area contributed by atoms with Gasteiger partial charge in [0.05, 0.1) is 6.61 Å². The van der Waals surface area contributed by atoms with Gasteiger partial charge in [0, 0.05) is 17.3 Å². The van der Waals surface area contributed by atoms with E-state index in [1.54, 1.807) is 6.08 Å². The fourth-order valence-electron chi connectivity index (χ4n) is 2.83. The monoisotopic (exact) mass is 381 g/mol. The molecule has 0 spiro atoms. The summed E-state index contributed by atoms with van der Waals surface area (Å²) in [7, 11) is 0. The lowest BCUT2D eigenvalue weighted by molar-refractivity contribution is -0.142. The zero-order valence-electron chi connectivity index (χ0n) is 16.7. The largest absolute Gasteiger partial charge is 0.493 e. The number of carbonyl (C=O) groups excluding carboxylic acids is 2. The van der Waals surface area contributed by atoms with E-state index < -0.39 is 5.97 Å². The molecule has 0 aliphatic heterocycles. The molecule has 2 rings (SSSR count). The number of hydrogen-bond acceptors (Lipinski definition) is 4.